The lowest BCUT2D eigenvalue weighted by molar-refractivity contribution is -0.146. The average Bonchev–Trinajstić information content (AvgIpc) is 2.32. The molecular weight excluding hydrogens is 302 g/mol. The van der Waals surface area contributed by atoms with Crippen LogP contribution in [0, 0.1) is 5.82 Å². The molecule has 0 saturated heterocycles. The van der Waals surface area contributed by atoms with Crippen LogP contribution in [0.25, 0.3) is 0 Å². The van der Waals surface area contributed by atoms with Gasteiger partial charge in [-0.2, -0.15) is 0 Å². The third-order valence-electron chi connectivity index (χ3n) is 1.98. The number of hydrogen-bond acceptors (Lipinski definition) is 3. The van der Waals surface area contributed by atoms with Gasteiger partial charge >= 0.3 is 12.0 Å². The zero-order chi connectivity index (χ0) is 14.6. The second-order valence-electron chi connectivity index (χ2n) is 3.44. The number of rotatable bonds is 4. The summed E-state index contributed by atoms with van der Waals surface area (Å²) in [5, 5.41) is 21.1. The molecule has 0 saturated carbocycles. The largest absolute Gasteiger partial charge is 0.479 e. The predicted octanol–water partition coefficient (Wildman–Crippen LogP) is 1.70. The maximum Gasteiger partial charge on any atom is 0.334 e. The number of benzene rings is 1. The van der Waals surface area contributed by atoms with Crippen molar-refractivity contribution in [2.24, 2.45) is 0 Å². The molecule has 19 heavy (non-hydrogen) atoms. The normalized spacial score (nSPS) is 11.8. The number of aliphatic carboxylic acids is 1. The monoisotopic (exact) mass is 310 g/mol. The molecule has 104 valence electrons. The summed E-state index contributed by atoms with van der Waals surface area (Å²) in [6.07, 6.45) is -1.72. The molecule has 4 N–H and O–H groups in total. The van der Waals surface area contributed by atoms with E-state index in [1.807, 2.05) is 0 Å². The van der Waals surface area contributed by atoms with Crippen molar-refractivity contribution < 1.29 is 24.2 Å². The third-order valence-corrected chi connectivity index (χ3v) is 2.53. The predicted molar refractivity (Wildman–Crippen MR) is 67.1 cm³/mol. The van der Waals surface area contributed by atoms with Crippen LogP contribution in [0.2, 0.25) is 10.0 Å². The van der Waals surface area contributed by atoms with E-state index >= 15 is 0 Å². The summed E-state index contributed by atoms with van der Waals surface area (Å²) >= 11 is 11.0. The first-order valence-electron chi connectivity index (χ1n) is 4.91. The lowest BCUT2D eigenvalue weighted by Gasteiger charge is -2.10. The molecule has 0 aliphatic rings. The Hall–Kier alpha value is -1.57. The maximum absolute atomic E-state index is 13.1. The molecule has 1 rings (SSSR count). The molecule has 0 spiro atoms. The number of carbonyl (C=O) groups is 2. The first kappa shape index (κ1) is 15.5. The minimum atomic E-state index is -1.72. The fourth-order valence-electron chi connectivity index (χ4n) is 1.08. The highest BCUT2D eigenvalue weighted by Gasteiger charge is 2.14. The highest BCUT2D eigenvalue weighted by molar-refractivity contribution is 6.35. The van der Waals surface area contributed by atoms with Crippen molar-refractivity contribution in [2.45, 2.75) is 6.10 Å². The number of nitrogens with one attached hydrogen (secondary N) is 2. The fraction of sp³-hybridized carbons (Fsp3) is 0.200. The Balaban J connectivity index is 2.60. The van der Waals surface area contributed by atoms with Crippen LogP contribution in [0.5, 0.6) is 0 Å². The van der Waals surface area contributed by atoms with E-state index in [1.54, 1.807) is 0 Å². The minimum absolute atomic E-state index is 0.124. The van der Waals surface area contributed by atoms with E-state index in [0.717, 1.165) is 12.1 Å². The number of carboxylic acid groups (broad SMARTS) is 1. The SMILES string of the molecule is O=C(NC[C@H](O)C(=O)O)Nc1cc(Cl)c(F)c(Cl)c1. The first-order valence-corrected chi connectivity index (χ1v) is 5.67. The minimum Gasteiger partial charge on any atom is -0.479 e. The zero-order valence-electron chi connectivity index (χ0n) is 9.28. The summed E-state index contributed by atoms with van der Waals surface area (Å²) in [5.74, 6) is -2.27. The summed E-state index contributed by atoms with van der Waals surface area (Å²) < 4.78 is 13.1. The van der Waals surface area contributed by atoms with Crippen LogP contribution in [0.15, 0.2) is 12.1 Å². The third kappa shape index (κ3) is 4.55. The van der Waals surface area contributed by atoms with Crippen LogP contribution in [0.3, 0.4) is 0 Å². The fourth-order valence-corrected chi connectivity index (χ4v) is 1.57. The van der Waals surface area contributed by atoms with Crippen molar-refractivity contribution in [3.63, 3.8) is 0 Å². The van der Waals surface area contributed by atoms with Crippen LogP contribution in [0.1, 0.15) is 0 Å². The number of halogens is 3. The molecule has 0 aliphatic carbocycles. The van der Waals surface area contributed by atoms with Gasteiger partial charge in [-0.25, -0.2) is 14.0 Å². The molecule has 0 aromatic heterocycles. The summed E-state index contributed by atoms with van der Waals surface area (Å²) in [7, 11) is 0. The smallest absolute Gasteiger partial charge is 0.334 e. The van der Waals surface area contributed by atoms with Crippen molar-refractivity contribution in [1.29, 1.82) is 0 Å². The average molecular weight is 311 g/mol. The molecule has 0 fully saturated rings. The van der Waals surface area contributed by atoms with Gasteiger partial charge in [0, 0.05) is 5.69 Å². The van der Waals surface area contributed by atoms with E-state index in [9.17, 15) is 14.0 Å². The molecule has 0 unspecified atom stereocenters. The second kappa shape index (κ2) is 6.55. The summed E-state index contributed by atoms with van der Waals surface area (Å²) in [6.45, 7) is -0.482. The van der Waals surface area contributed by atoms with Gasteiger partial charge < -0.3 is 20.8 Å². The Morgan fingerprint density at radius 1 is 1.32 bits per heavy atom. The molecule has 1 atom stereocenters. The highest BCUT2D eigenvalue weighted by atomic mass is 35.5. The Morgan fingerprint density at radius 2 is 1.84 bits per heavy atom. The van der Waals surface area contributed by atoms with Gasteiger partial charge in [0.15, 0.2) is 11.9 Å². The van der Waals surface area contributed by atoms with Crippen molar-refractivity contribution in [3.8, 4) is 0 Å². The molecule has 6 nitrogen and oxygen atoms in total. The number of carbonyl (C=O) groups excluding carboxylic acids is 1. The van der Waals surface area contributed by atoms with Gasteiger partial charge in [0.1, 0.15) is 0 Å². The maximum atomic E-state index is 13.1. The van der Waals surface area contributed by atoms with Crippen LogP contribution in [0.4, 0.5) is 14.9 Å². The van der Waals surface area contributed by atoms with E-state index in [0.29, 0.717) is 0 Å². The van der Waals surface area contributed by atoms with E-state index in [4.69, 9.17) is 33.4 Å². The molecule has 1 aromatic rings. The molecule has 0 heterocycles. The molecule has 9 heteroatoms. The van der Waals surface area contributed by atoms with Gasteiger partial charge in [0.2, 0.25) is 0 Å². The van der Waals surface area contributed by atoms with Crippen molar-refractivity contribution in [3.05, 3.63) is 28.0 Å². The molecule has 1 aromatic carbocycles. The van der Waals surface area contributed by atoms with Gasteiger partial charge in [-0.1, -0.05) is 23.2 Å². The molecule has 0 bridgehead atoms. The highest BCUT2D eigenvalue weighted by Crippen LogP contribution is 2.27. The summed E-state index contributed by atoms with van der Waals surface area (Å²) in [4.78, 5) is 21.6. The summed E-state index contributed by atoms with van der Waals surface area (Å²) in [5.41, 5.74) is 0.124. The summed E-state index contributed by atoms with van der Waals surface area (Å²) in [6, 6.07) is 1.48. The van der Waals surface area contributed by atoms with Crippen molar-refractivity contribution in [1.82, 2.24) is 5.32 Å². The van der Waals surface area contributed by atoms with Gasteiger partial charge in [-0.3, -0.25) is 0 Å². The topological polar surface area (TPSA) is 98.7 Å². The molecular formula is C10H9Cl2FN2O4. The Kier molecular flexibility index (Phi) is 5.34. The van der Waals surface area contributed by atoms with Crippen LogP contribution in [-0.4, -0.2) is 34.9 Å². The molecule has 0 aliphatic heterocycles. The Labute approximate surface area is 117 Å². The molecule has 2 amide bonds. The number of carboxylic acids is 1. The van der Waals surface area contributed by atoms with Crippen LogP contribution in [-0.2, 0) is 4.79 Å². The standard InChI is InChI=1S/C10H9Cl2FN2O4/c11-5-1-4(2-6(12)8(5)13)15-10(19)14-3-7(16)9(17)18/h1-2,7,16H,3H2,(H,17,18)(H2,14,15,19)/t7-/m0/s1. The van der Waals surface area contributed by atoms with Crippen molar-refractivity contribution in [2.75, 3.05) is 11.9 Å². The first-order chi connectivity index (χ1) is 8.81. The van der Waals surface area contributed by atoms with E-state index in [-0.39, 0.29) is 15.7 Å². The number of aliphatic hydroxyl groups excluding tert-OH is 1. The van der Waals surface area contributed by atoms with Gasteiger partial charge in [-0.05, 0) is 12.1 Å². The zero-order valence-corrected chi connectivity index (χ0v) is 10.8. The number of aliphatic hydroxyl groups is 1. The van der Waals surface area contributed by atoms with Crippen LogP contribution >= 0.6 is 23.2 Å². The van der Waals surface area contributed by atoms with Crippen LogP contribution < -0.4 is 10.6 Å². The number of hydrogen-bond donors (Lipinski definition) is 4. The van der Waals surface area contributed by atoms with Gasteiger partial charge in [-0.15, -0.1) is 0 Å². The van der Waals surface area contributed by atoms with E-state index in [1.165, 1.54) is 0 Å². The second-order valence-corrected chi connectivity index (χ2v) is 4.26. The Morgan fingerprint density at radius 3 is 2.32 bits per heavy atom. The lowest BCUT2D eigenvalue weighted by Crippen LogP contribution is -2.38. The molecule has 0 radical (unpaired) electrons. The van der Waals surface area contributed by atoms with Gasteiger partial charge in [0.25, 0.3) is 0 Å². The number of anilines is 1. The number of amides is 2. The lowest BCUT2D eigenvalue weighted by atomic mass is 10.3. The van der Waals surface area contributed by atoms with E-state index < -0.39 is 30.5 Å². The van der Waals surface area contributed by atoms with E-state index in [2.05, 4.69) is 10.6 Å². The quantitative estimate of drug-likeness (QED) is 0.636. The van der Waals surface area contributed by atoms with Gasteiger partial charge in [0.05, 0.1) is 16.6 Å². The van der Waals surface area contributed by atoms with Crippen molar-refractivity contribution >= 4 is 40.9 Å². The Bertz CT molecular complexity index is 489. The number of urea groups is 1.